The lowest BCUT2D eigenvalue weighted by atomic mass is 10.2. The van der Waals surface area contributed by atoms with Crippen molar-refractivity contribution in [2.45, 2.75) is 5.85 Å². The number of para-hydroxylation sites is 2. The summed E-state index contributed by atoms with van der Waals surface area (Å²) >= 11 is 0. The van der Waals surface area contributed by atoms with E-state index in [0.29, 0.717) is 5.56 Å². The molecule has 100 valence electrons. The van der Waals surface area contributed by atoms with Gasteiger partial charge in [-0.05, 0) is 12.1 Å². The Morgan fingerprint density at radius 3 is 2.11 bits per heavy atom. The molecule has 6 heteroatoms. The molecule has 0 bridgehead atoms. The molecule has 0 aliphatic heterocycles. The molecule has 0 spiro atoms. The molecule has 5 nitrogen and oxygen atoms in total. The molecule has 19 heavy (non-hydrogen) atoms. The lowest BCUT2D eigenvalue weighted by Gasteiger charge is -2.20. The number of phenols is 1. The third-order valence-electron chi connectivity index (χ3n) is 2.49. The van der Waals surface area contributed by atoms with Crippen molar-refractivity contribution < 1.29 is 24.2 Å². The smallest absolute Gasteiger partial charge is 0.370 e. The quantitative estimate of drug-likeness (QED) is 0.749. The average Bonchev–Trinajstić information content (AvgIpc) is 2.37. The fourth-order valence-electron chi connectivity index (χ4n) is 1.63. The van der Waals surface area contributed by atoms with E-state index in [-0.39, 0.29) is 11.5 Å². The largest absolute Gasteiger partial charge is 0.504 e. The first-order valence-corrected chi connectivity index (χ1v) is 7.21. The summed E-state index contributed by atoms with van der Waals surface area (Å²) in [5.41, 5.74) is 0.346. The van der Waals surface area contributed by atoms with Gasteiger partial charge in [-0.1, -0.05) is 42.5 Å². The molecule has 1 atom stereocenters. The maximum Gasteiger partial charge on any atom is 0.370 e. The molecule has 0 radical (unpaired) electrons. The standard InChI is InChI=1S/C13H13O5P/c14-11-8-4-5-9-12(11)18-13(19(15,16)17)10-6-2-1-3-7-10/h1-9,13-14H,(H2,15,16,17). The summed E-state index contributed by atoms with van der Waals surface area (Å²) in [6, 6.07) is 14.2. The highest BCUT2D eigenvalue weighted by molar-refractivity contribution is 7.52. The summed E-state index contributed by atoms with van der Waals surface area (Å²) in [6.45, 7) is 0. The van der Waals surface area contributed by atoms with Gasteiger partial charge in [0.2, 0.25) is 5.85 Å². The molecular weight excluding hydrogens is 267 g/mol. The maximum atomic E-state index is 11.5. The van der Waals surface area contributed by atoms with E-state index in [1.165, 1.54) is 12.1 Å². The van der Waals surface area contributed by atoms with Crippen molar-refractivity contribution in [2.75, 3.05) is 0 Å². The zero-order valence-corrected chi connectivity index (χ0v) is 10.8. The van der Waals surface area contributed by atoms with Crippen molar-refractivity contribution in [3.05, 3.63) is 60.2 Å². The van der Waals surface area contributed by atoms with Crippen LogP contribution in [0.3, 0.4) is 0 Å². The van der Waals surface area contributed by atoms with Crippen molar-refractivity contribution in [1.82, 2.24) is 0 Å². The van der Waals surface area contributed by atoms with Crippen molar-refractivity contribution >= 4 is 7.60 Å². The summed E-state index contributed by atoms with van der Waals surface area (Å²) in [5, 5.41) is 9.59. The van der Waals surface area contributed by atoms with E-state index in [9.17, 15) is 19.5 Å². The second kappa shape index (κ2) is 5.45. The molecule has 0 heterocycles. The predicted molar refractivity (Wildman–Crippen MR) is 70.0 cm³/mol. The zero-order valence-electron chi connectivity index (χ0n) is 9.88. The first-order valence-electron chi connectivity index (χ1n) is 5.53. The van der Waals surface area contributed by atoms with Crippen molar-refractivity contribution in [1.29, 1.82) is 0 Å². The number of ether oxygens (including phenoxy) is 1. The predicted octanol–water partition coefficient (Wildman–Crippen LogP) is 2.65. The van der Waals surface area contributed by atoms with Crippen LogP contribution in [0.4, 0.5) is 0 Å². The average molecular weight is 280 g/mol. The van der Waals surface area contributed by atoms with Crippen molar-refractivity contribution in [3.8, 4) is 11.5 Å². The van der Waals surface area contributed by atoms with Gasteiger partial charge in [0, 0.05) is 5.56 Å². The Balaban J connectivity index is 2.36. The van der Waals surface area contributed by atoms with E-state index < -0.39 is 13.4 Å². The fraction of sp³-hybridized carbons (Fsp3) is 0.0769. The lowest BCUT2D eigenvalue weighted by molar-refractivity contribution is 0.219. The summed E-state index contributed by atoms with van der Waals surface area (Å²) in [5.74, 6) is -1.58. The van der Waals surface area contributed by atoms with E-state index in [4.69, 9.17) is 4.74 Å². The van der Waals surface area contributed by atoms with E-state index in [0.717, 1.165) is 0 Å². The van der Waals surface area contributed by atoms with Gasteiger partial charge in [-0.25, -0.2) is 0 Å². The van der Waals surface area contributed by atoms with Crippen LogP contribution in [0, 0.1) is 0 Å². The molecule has 0 saturated heterocycles. The highest BCUT2D eigenvalue weighted by Gasteiger charge is 2.33. The zero-order chi connectivity index (χ0) is 13.9. The number of hydrogen-bond donors (Lipinski definition) is 3. The Hall–Kier alpha value is -1.81. The molecule has 0 aliphatic rings. The van der Waals surface area contributed by atoms with Gasteiger partial charge in [-0.3, -0.25) is 4.57 Å². The summed E-state index contributed by atoms with van der Waals surface area (Å²) in [4.78, 5) is 18.8. The van der Waals surface area contributed by atoms with E-state index in [2.05, 4.69) is 0 Å². The number of aromatic hydroxyl groups is 1. The first-order chi connectivity index (χ1) is 8.98. The Kier molecular flexibility index (Phi) is 3.90. The van der Waals surface area contributed by atoms with Gasteiger partial charge in [0.05, 0.1) is 0 Å². The van der Waals surface area contributed by atoms with E-state index in [1.54, 1.807) is 42.5 Å². The van der Waals surface area contributed by atoms with Gasteiger partial charge in [0.15, 0.2) is 11.5 Å². The van der Waals surface area contributed by atoms with E-state index in [1.807, 2.05) is 0 Å². The molecule has 1 unspecified atom stereocenters. The van der Waals surface area contributed by atoms with Crippen molar-refractivity contribution in [2.24, 2.45) is 0 Å². The highest BCUT2D eigenvalue weighted by Crippen LogP contribution is 2.53. The normalized spacial score (nSPS) is 12.9. The van der Waals surface area contributed by atoms with Gasteiger partial charge in [0.25, 0.3) is 0 Å². The molecular formula is C13H13O5P. The molecule has 0 amide bonds. The number of phenolic OH excluding ortho intramolecular Hbond substituents is 1. The molecule has 2 aromatic carbocycles. The second-order valence-corrected chi connectivity index (χ2v) is 5.58. The van der Waals surface area contributed by atoms with Crippen LogP contribution in [0.25, 0.3) is 0 Å². The highest BCUT2D eigenvalue weighted by atomic mass is 31.2. The summed E-state index contributed by atoms with van der Waals surface area (Å²) in [6.07, 6.45) is 0. The van der Waals surface area contributed by atoms with Crippen LogP contribution in [0.5, 0.6) is 11.5 Å². The molecule has 0 saturated carbocycles. The van der Waals surface area contributed by atoms with Crippen LogP contribution in [0.2, 0.25) is 0 Å². The monoisotopic (exact) mass is 280 g/mol. The minimum Gasteiger partial charge on any atom is -0.504 e. The number of benzene rings is 2. The minimum atomic E-state index is -4.52. The molecule has 0 fully saturated rings. The van der Waals surface area contributed by atoms with Crippen LogP contribution in [-0.2, 0) is 4.57 Å². The van der Waals surface area contributed by atoms with Crippen LogP contribution in [-0.4, -0.2) is 14.9 Å². The molecule has 0 aliphatic carbocycles. The maximum absolute atomic E-state index is 11.5. The second-order valence-electron chi connectivity index (χ2n) is 3.94. The van der Waals surface area contributed by atoms with Crippen LogP contribution in [0.15, 0.2) is 54.6 Å². The van der Waals surface area contributed by atoms with Crippen LogP contribution >= 0.6 is 7.60 Å². The molecule has 3 N–H and O–H groups in total. The topological polar surface area (TPSA) is 87.0 Å². The summed E-state index contributed by atoms with van der Waals surface area (Å²) < 4.78 is 16.8. The van der Waals surface area contributed by atoms with Gasteiger partial charge >= 0.3 is 7.60 Å². The van der Waals surface area contributed by atoms with Crippen molar-refractivity contribution in [3.63, 3.8) is 0 Å². The number of hydrogen-bond acceptors (Lipinski definition) is 3. The minimum absolute atomic E-state index is 0.0275. The molecule has 2 aromatic rings. The lowest BCUT2D eigenvalue weighted by Crippen LogP contribution is -2.08. The van der Waals surface area contributed by atoms with Crippen LogP contribution in [0.1, 0.15) is 11.4 Å². The third kappa shape index (κ3) is 3.35. The Morgan fingerprint density at radius 1 is 0.947 bits per heavy atom. The first kappa shape index (κ1) is 13.6. The van der Waals surface area contributed by atoms with Gasteiger partial charge in [-0.2, -0.15) is 0 Å². The Labute approximate surface area is 110 Å². The van der Waals surface area contributed by atoms with Gasteiger partial charge < -0.3 is 19.6 Å². The number of rotatable bonds is 4. The van der Waals surface area contributed by atoms with Gasteiger partial charge in [0.1, 0.15) is 0 Å². The van der Waals surface area contributed by atoms with Gasteiger partial charge in [-0.15, -0.1) is 0 Å². The Morgan fingerprint density at radius 2 is 1.53 bits per heavy atom. The fourth-order valence-corrected chi connectivity index (χ4v) is 2.44. The summed E-state index contributed by atoms with van der Waals surface area (Å²) in [7, 11) is -4.52. The molecule has 0 aromatic heterocycles. The van der Waals surface area contributed by atoms with E-state index >= 15 is 0 Å². The molecule has 2 rings (SSSR count). The third-order valence-corrected chi connectivity index (χ3v) is 3.51. The SMILES string of the molecule is O=P(O)(O)C(Oc1ccccc1O)c1ccccc1. The van der Waals surface area contributed by atoms with Crippen LogP contribution < -0.4 is 4.74 Å². The Bertz CT molecular complexity index is 593.